The molecule has 0 spiro atoms. The minimum atomic E-state index is -0.242. The zero-order valence-electron chi connectivity index (χ0n) is 31.5. The van der Waals surface area contributed by atoms with Gasteiger partial charge in [0.15, 0.2) is 11.9 Å². The molecular weight excluding hydrogens is 719 g/mol. The molecule has 0 amide bonds. The van der Waals surface area contributed by atoms with Crippen molar-refractivity contribution >= 4 is 23.7 Å². The number of nitrogens with two attached hydrogens (primary N) is 2. The summed E-state index contributed by atoms with van der Waals surface area (Å²) in [4.78, 5) is 8.18. The summed E-state index contributed by atoms with van der Waals surface area (Å²) in [5, 5.41) is 22.7. The lowest BCUT2D eigenvalue weighted by Crippen LogP contribution is -2.23. The number of aliphatic imine (C=N–C) groups is 2. The lowest BCUT2D eigenvalue weighted by molar-refractivity contribution is 0.208. The molecule has 2 unspecified atom stereocenters. The molecule has 2 atom stereocenters. The number of hydrogen-bond donors (Lipinski definition) is 5. The standard InChI is InChI=1S/2C21H23FN4O2/c1-14(19-13-20(28-26-19)25-21(23)24-11-12-27-2)15-7-9-16(10-8-15)17-5-3-4-6-18(17)22;1-14(19-13-20(28-26-19)25-21(23)24-11-4-12-27)15-7-9-16(10-8-15)17-5-2-3-6-18(17)22/h3-10,13-14H,11-12H2,1-2H3,(H3,23,24,25);2-3,5-10,13-14,27H,4,11-12H2,1H3,(H3,23,24,25). The first-order chi connectivity index (χ1) is 27.2. The molecule has 0 aliphatic heterocycles. The fraction of sp³-hybridized carbons (Fsp3) is 0.238. The SMILES string of the molecule is CC(c1ccc(-c2ccccc2F)cc1)c1cc(NC(N)=NCCCO)on1.COCCN=C(N)Nc1cc(C(C)c2ccc(-c3ccccc3F)cc2)no1. The predicted molar refractivity (Wildman–Crippen MR) is 216 cm³/mol. The Morgan fingerprint density at radius 2 is 1.12 bits per heavy atom. The molecule has 0 aliphatic rings. The smallest absolute Gasteiger partial charge is 0.231 e. The lowest BCUT2D eigenvalue weighted by Gasteiger charge is -2.10. The number of nitrogens with one attached hydrogen (secondary N) is 2. The largest absolute Gasteiger partial charge is 0.396 e. The van der Waals surface area contributed by atoms with Crippen molar-refractivity contribution in [1.29, 1.82) is 0 Å². The summed E-state index contributed by atoms with van der Waals surface area (Å²) in [6.07, 6.45) is 0.546. The second-order valence-corrected chi connectivity index (χ2v) is 12.7. The van der Waals surface area contributed by atoms with Gasteiger partial charge in [-0.1, -0.05) is 109 Å². The highest BCUT2D eigenvalue weighted by Crippen LogP contribution is 2.30. The van der Waals surface area contributed by atoms with Gasteiger partial charge in [0.25, 0.3) is 0 Å². The first kappa shape index (κ1) is 40.8. The summed E-state index contributed by atoms with van der Waals surface area (Å²) in [5.41, 5.74) is 17.9. The molecule has 0 saturated carbocycles. The maximum Gasteiger partial charge on any atom is 0.231 e. The first-order valence-corrected chi connectivity index (χ1v) is 18.0. The summed E-state index contributed by atoms with van der Waals surface area (Å²) in [7, 11) is 1.60. The molecule has 0 aliphatic carbocycles. The number of rotatable bonds is 14. The predicted octanol–water partition coefficient (Wildman–Crippen LogP) is 7.75. The van der Waals surface area contributed by atoms with Crippen molar-refractivity contribution in [2.75, 3.05) is 44.0 Å². The highest BCUT2D eigenvalue weighted by atomic mass is 19.1. The quantitative estimate of drug-likeness (QED) is 0.0418. The number of hydrogen-bond acceptors (Lipinski definition) is 8. The van der Waals surface area contributed by atoms with Crippen LogP contribution in [-0.4, -0.2) is 60.8 Å². The summed E-state index contributed by atoms with van der Waals surface area (Å²) >= 11 is 0. The Labute approximate surface area is 324 Å². The number of benzene rings is 4. The van der Waals surface area contributed by atoms with E-state index in [4.69, 9.17) is 30.4 Å². The lowest BCUT2D eigenvalue weighted by atomic mass is 9.95. The molecule has 6 aromatic rings. The molecule has 56 heavy (non-hydrogen) atoms. The Kier molecular flexibility index (Phi) is 14.8. The van der Waals surface area contributed by atoms with Crippen LogP contribution in [0.5, 0.6) is 0 Å². The average molecular weight is 765 g/mol. The van der Waals surface area contributed by atoms with Gasteiger partial charge in [-0.25, -0.2) is 8.78 Å². The Morgan fingerprint density at radius 1 is 0.696 bits per heavy atom. The van der Waals surface area contributed by atoms with E-state index in [1.807, 2.05) is 74.5 Å². The Balaban J connectivity index is 0.000000214. The Bertz CT molecular complexity index is 2030. The number of aromatic nitrogens is 2. The van der Waals surface area contributed by atoms with Gasteiger partial charge in [0.1, 0.15) is 11.6 Å². The second kappa shape index (κ2) is 20.3. The minimum absolute atomic E-state index is 0.000579. The van der Waals surface area contributed by atoms with Crippen molar-refractivity contribution < 1.29 is 27.7 Å². The Morgan fingerprint density at radius 3 is 1.54 bits per heavy atom. The third-order valence-electron chi connectivity index (χ3n) is 8.81. The third-order valence-corrected chi connectivity index (χ3v) is 8.81. The highest BCUT2D eigenvalue weighted by molar-refractivity contribution is 5.91. The maximum absolute atomic E-state index is 13.9. The molecule has 0 fully saturated rings. The molecular formula is C42H46F2N8O4. The van der Waals surface area contributed by atoms with Crippen molar-refractivity contribution in [3.8, 4) is 22.3 Å². The number of aliphatic hydroxyl groups is 1. The molecule has 6 rings (SSSR count). The number of methoxy groups -OCH3 is 1. The molecule has 0 saturated heterocycles. The van der Waals surface area contributed by atoms with Gasteiger partial charge in [0.05, 0.1) is 24.5 Å². The average Bonchev–Trinajstić information content (AvgIpc) is 3.88. The zero-order chi connectivity index (χ0) is 39.9. The number of nitrogens with zero attached hydrogens (tertiary/aromatic N) is 4. The van der Waals surface area contributed by atoms with Crippen molar-refractivity contribution in [1.82, 2.24) is 10.3 Å². The molecule has 292 valence electrons. The normalized spacial score (nSPS) is 12.8. The number of guanidine groups is 2. The van der Waals surface area contributed by atoms with E-state index < -0.39 is 0 Å². The van der Waals surface area contributed by atoms with E-state index >= 15 is 0 Å². The van der Waals surface area contributed by atoms with Crippen LogP contribution in [0.4, 0.5) is 20.5 Å². The van der Waals surface area contributed by atoms with Crippen LogP contribution < -0.4 is 22.1 Å². The van der Waals surface area contributed by atoms with Crippen molar-refractivity contribution in [2.45, 2.75) is 32.1 Å². The molecule has 12 nitrogen and oxygen atoms in total. The van der Waals surface area contributed by atoms with E-state index in [0.717, 1.165) is 33.6 Å². The monoisotopic (exact) mass is 764 g/mol. The molecule has 4 aromatic carbocycles. The topological polar surface area (TPSA) is 182 Å². The summed E-state index contributed by atoms with van der Waals surface area (Å²) in [5.74, 6) is 0.773. The van der Waals surface area contributed by atoms with Crippen molar-refractivity contribution in [2.24, 2.45) is 21.5 Å². The number of halogens is 2. The van der Waals surface area contributed by atoms with Crippen LogP contribution in [0.3, 0.4) is 0 Å². The van der Waals surface area contributed by atoms with Crippen LogP contribution in [0.1, 0.15) is 54.6 Å². The summed E-state index contributed by atoms with van der Waals surface area (Å²) in [6, 6.07) is 32.4. The molecule has 7 N–H and O–H groups in total. The van der Waals surface area contributed by atoms with E-state index in [1.165, 1.54) is 12.1 Å². The third kappa shape index (κ3) is 11.3. The Hall–Kier alpha value is -6.38. The van der Waals surface area contributed by atoms with E-state index in [9.17, 15) is 8.78 Å². The van der Waals surface area contributed by atoms with Crippen LogP contribution in [0, 0.1) is 11.6 Å². The van der Waals surface area contributed by atoms with Crippen molar-refractivity contribution in [3.63, 3.8) is 0 Å². The van der Waals surface area contributed by atoms with Crippen molar-refractivity contribution in [3.05, 3.63) is 143 Å². The minimum Gasteiger partial charge on any atom is -0.396 e. The van der Waals surface area contributed by atoms with Gasteiger partial charge in [0, 0.05) is 55.4 Å². The van der Waals surface area contributed by atoms with Gasteiger partial charge in [-0.15, -0.1) is 0 Å². The summed E-state index contributed by atoms with van der Waals surface area (Å²) < 4.78 is 43.4. The number of anilines is 2. The van der Waals surface area contributed by atoms with Crippen LogP contribution in [0.15, 0.2) is 128 Å². The number of ether oxygens (including phenoxy) is 1. The van der Waals surface area contributed by atoms with Gasteiger partial charge in [-0.05, 0) is 40.8 Å². The summed E-state index contributed by atoms with van der Waals surface area (Å²) in [6.45, 7) is 5.48. The second-order valence-electron chi connectivity index (χ2n) is 12.7. The molecule has 2 heterocycles. The van der Waals surface area contributed by atoms with Crippen LogP contribution >= 0.6 is 0 Å². The first-order valence-electron chi connectivity index (χ1n) is 18.0. The van der Waals surface area contributed by atoms with Crippen LogP contribution in [0.2, 0.25) is 0 Å². The van der Waals surface area contributed by atoms with E-state index in [1.54, 1.807) is 43.5 Å². The number of aliphatic hydroxyl groups excluding tert-OH is 1. The van der Waals surface area contributed by atoms with Gasteiger partial charge < -0.3 is 30.4 Å². The molecule has 0 radical (unpaired) electrons. The van der Waals surface area contributed by atoms with Gasteiger partial charge >= 0.3 is 0 Å². The van der Waals surface area contributed by atoms with E-state index in [0.29, 0.717) is 49.0 Å². The van der Waals surface area contributed by atoms with E-state index in [-0.39, 0.29) is 42.0 Å². The van der Waals surface area contributed by atoms with Gasteiger partial charge in [-0.2, -0.15) is 0 Å². The fourth-order valence-electron chi connectivity index (χ4n) is 5.60. The van der Waals surface area contributed by atoms with E-state index in [2.05, 4.69) is 30.9 Å². The molecule has 14 heteroatoms. The maximum atomic E-state index is 13.9. The van der Waals surface area contributed by atoms with Crippen LogP contribution in [-0.2, 0) is 4.74 Å². The highest BCUT2D eigenvalue weighted by Gasteiger charge is 2.17. The molecule has 2 aromatic heterocycles. The van der Waals surface area contributed by atoms with Crippen LogP contribution in [0.25, 0.3) is 22.3 Å². The van der Waals surface area contributed by atoms with Gasteiger partial charge in [0.2, 0.25) is 11.8 Å². The van der Waals surface area contributed by atoms with Gasteiger partial charge in [-0.3, -0.25) is 20.6 Å². The zero-order valence-corrected chi connectivity index (χ0v) is 31.5. The fourth-order valence-corrected chi connectivity index (χ4v) is 5.60. The molecule has 0 bridgehead atoms.